The maximum absolute atomic E-state index is 12.8. The van der Waals surface area contributed by atoms with Gasteiger partial charge in [-0.15, -0.1) is 13.2 Å². The molecule has 3 rings (SSSR count). The zero-order chi connectivity index (χ0) is 18.0. The van der Waals surface area contributed by atoms with Gasteiger partial charge in [-0.05, 0) is 18.2 Å². The number of nitrogen functional groups attached to an aromatic ring is 1. The fourth-order valence-corrected chi connectivity index (χ4v) is 2.37. The van der Waals surface area contributed by atoms with Crippen molar-refractivity contribution in [3.63, 3.8) is 0 Å². The number of aromatic nitrogens is 2. The molecule has 0 aliphatic rings. The number of alkyl halides is 3. The molecule has 8 heteroatoms. The third kappa shape index (κ3) is 3.63. The maximum atomic E-state index is 12.8. The number of nitrogens with zero attached hydrogens (tertiary/aromatic N) is 2. The van der Waals surface area contributed by atoms with Crippen molar-refractivity contribution in [3.05, 3.63) is 72.1 Å². The molecule has 0 amide bonds. The van der Waals surface area contributed by atoms with Gasteiger partial charge in [0.25, 0.3) is 0 Å². The van der Waals surface area contributed by atoms with Gasteiger partial charge < -0.3 is 10.5 Å². The van der Waals surface area contributed by atoms with E-state index in [0.717, 1.165) is 12.1 Å². The van der Waals surface area contributed by atoms with Crippen LogP contribution in [-0.4, -0.2) is 21.7 Å². The monoisotopic (exact) mass is 347 g/mol. The summed E-state index contributed by atoms with van der Waals surface area (Å²) in [4.78, 5) is 16.6. The fraction of sp³-hybridized carbons (Fsp3) is 0.0588. The molecule has 2 aromatic carbocycles. The summed E-state index contributed by atoms with van der Waals surface area (Å²) < 4.78 is 42.8. The van der Waals surface area contributed by atoms with Crippen LogP contribution in [0.2, 0.25) is 0 Å². The number of rotatable bonds is 4. The van der Waals surface area contributed by atoms with Crippen molar-refractivity contribution < 1.29 is 22.7 Å². The molecule has 128 valence electrons. The lowest BCUT2D eigenvalue weighted by Gasteiger charge is -2.14. The number of nitrogens with two attached hydrogens (primary N) is 1. The van der Waals surface area contributed by atoms with E-state index in [-0.39, 0.29) is 11.5 Å². The lowest BCUT2D eigenvalue weighted by molar-refractivity contribution is -0.274. The number of benzene rings is 2. The van der Waals surface area contributed by atoms with Gasteiger partial charge in [0.1, 0.15) is 5.75 Å². The van der Waals surface area contributed by atoms with Gasteiger partial charge in [0.05, 0.1) is 11.3 Å². The number of hydrogen-bond acceptors (Lipinski definition) is 4. The molecule has 0 aliphatic heterocycles. The van der Waals surface area contributed by atoms with Crippen LogP contribution >= 0.6 is 0 Å². The Labute approximate surface area is 140 Å². The molecule has 1 heterocycles. The number of hydrogen-bond donors (Lipinski definition) is 1. The van der Waals surface area contributed by atoms with Crippen LogP contribution in [0, 0.1) is 0 Å². The Morgan fingerprint density at radius 2 is 1.84 bits per heavy atom. The molecule has 3 aromatic rings. The summed E-state index contributed by atoms with van der Waals surface area (Å²) in [5.74, 6) is -0.850. The molecule has 25 heavy (non-hydrogen) atoms. The summed E-state index contributed by atoms with van der Waals surface area (Å²) in [5, 5.41) is 0. The van der Waals surface area contributed by atoms with Crippen LogP contribution in [0.4, 0.5) is 19.1 Å². The van der Waals surface area contributed by atoms with Gasteiger partial charge in [-0.1, -0.05) is 30.3 Å². The third-order valence-electron chi connectivity index (χ3n) is 3.41. The lowest BCUT2D eigenvalue weighted by Crippen LogP contribution is -2.18. The summed E-state index contributed by atoms with van der Waals surface area (Å²) in [5.41, 5.74) is 6.39. The summed E-state index contributed by atoms with van der Waals surface area (Å²) >= 11 is 0. The highest BCUT2D eigenvalue weighted by atomic mass is 19.4. The number of halogens is 3. The number of imidazole rings is 1. The first-order valence-electron chi connectivity index (χ1n) is 7.14. The van der Waals surface area contributed by atoms with E-state index in [1.807, 2.05) is 0 Å². The molecule has 2 N–H and O–H groups in total. The van der Waals surface area contributed by atoms with Gasteiger partial charge in [0.15, 0.2) is 5.78 Å². The second-order valence-corrected chi connectivity index (χ2v) is 5.08. The van der Waals surface area contributed by atoms with E-state index < -0.39 is 17.9 Å². The van der Waals surface area contributed by atoms with Gasteiger partial charge in [0, 0.05) is 18.0 Å². The largest absolute Gasteiger partial charge is 0.573 e. The maximum Gasteiger partial charge on any atom is 0.573 e. The average molecular weight is 347 g/mol. The average Bonchev–Trinajstić information content (AvgIpc) is 2.99. The van der Waals surface area contributed by atoms with E-state index in [4.69, 9.17) is 5.73 Å². The quantitative estimate of drug-likeness (QED) is 0.733. The van der Waals surface area contributed by atoms with Crippen LogP contribution in [0.15, 0.2) is 60.9 Å². The first-order chi connectivity index (χ1) is 11.8. The standard InChI is InChI=1S/C17H12F3N3O2/c18-17(19,20)25-12-6-7-14(23-9-8-22-16(23)21)13(10-12)15(24)11-4-2-1-3-5-11/h1-10H,(H2,21,22). The minimum absolute atomic E-state index is 0.0117. The second-order valence-electron chi connectivity index (χ2n) is 5.08. The number of carbonyl (C=O) groups excluding carboxylic acids is 1. The summed E-state index contributed by atoms with van der Waals surface area (Å²) in [7, 11) is 0. The molecule has 0 bridgehead atoms. The van der Waals surface area contributed by atoms with Crippen molar-refractivity contribution in [2.24, 2.45) is 0 Å². The van der Waals surface area contributed by atoms with E-state index >= 15 is 0 Å². The number of ether oxygens (including phenoxy) is 1. The summed E-state index contributed by atoms with van der Waals surface area (Å²) in [6.07, 6.45) is -1.93. The molecular formula is C17H12F3N3O2. The Morgan fingerprint density at radius 3 is 2.44 bits per heavy atom. The molecule has 0 radical (unpaired) electrons. The SMILES string of the molecule is Nc1nccn1-c1ccc(OC(F)(F)F)cc1C(=O)c1ccccc1. The van der Waals surface area contributed by atoms with E-state index in [9.17, 15) is 18.0 Å². The van der Waals surface area contributed by atoms with Crippen LogP contribution in [0.5, 0.6) is 5.75 Å². The highest BCUT2D eigenvalue weighted by molar-refractivity contribution is 6.11. The highest BCUT2D eigenvalue weighted by Crippen LogP contribution is 2.29. The Morgan fingerprint density at radius 1 is 1.12 bits per heavy atom. The smallest absolute Gasteiger partial charge is 0.406 e. The topological polar surface area (TPSA) is 70.1 Å². The molecule has 5 nitrogen and oxygen atoms in total. The van der Waals surface area contributed by atoms with Crippen LogP contribution in [-0.2, 0) is 0 Å². The number of carbonyl (C=O) groups is 1. The molecule has 0 fully saturated rings. The van der Waals surface area contributed by atoms with E-state index in [1.165, 1.54) is 23.0 Å². The summed E-state index contributed by atoms with van der Waals surface area (Å²) in [6.45, 7) is 0. The minimum atomic E-state index is -4.86. The molecule has 0 aliphatic carbocycles. The second kappa shape index (κ2) is 6.31. The number of ketones is 1. The lowest BCUT2D eigenvalue weighted by atomic mass is 10.0. The van der Waals surface area contributed by atoms with Crippen LogP contribution < -0.4 is 10.5 Å². The summed E-state index contributed by atoms with van der Waals surface area (Å²) in [6, 6.07) is 11.7. The predicted molar refractivity (Wildman–Crippen MR) is 84.5 cm³/mol. The van der Waals surface area contributed by atoms with Crippen molar-refractivity contribution in [2.75, 3.05) is 5.73 Å². The minimum Gasteiger partial charge on any atom is -0.406 e. The predicted octanol–water partition coefficient (Wildman–Crippen LogP) is 3.58. The Hall–Kier alpha value is -3.29. The van der Waals surface area contributed by atoms with Crippen molar-refractivity contribution in [2.45, 2.75) is 6.36 Å². The third-order valence-corrected chi connectivity index (χ3v) is 3.41. The van der Waals surface area contributed by atoms with Crippen LogP contribution in [0.25, 0.3) is 5.69 Å². The first-order valence-corrected chi connectivity index (χ1v) is 7.14. The van der Waals surface area contributed by atoms with E-state index in [1.54, 1.807) is 30.3 Å². The highest BCUT2D eigenvalue weighted by Gasteiger charge is 2.31. The fourth-order valence-electron chi connectivity index (χ4n) is 2.37. The zero-order valence-electron chi connectivity index (χ0n) is 12.7. The molecular weight excluding hydrogens is 335 g/mol. The molecule has 0 atom stereocenters. The van der Waals surface area contributed by atoms with Crippen molar-refractivity contribution in [1.29, 1.82) is 0 Å². The first kappa shape index (κ1) is 16.6. The Bertz CT molecular complexity index is 905. The van der Waals surface area contributed by atoms with Crippen molar-refractivity contribution in [1.82, 2.24) is 9.55 Å². The van der Waals surface area contributed by atoms with Crippen molar-refractivity contribution >= 4 is 11.7 Å². The zero-order valence-corrected chi connectivity index (χ0v) is 12.7. The van der Waals surface area contributed by atoms with Crippen molar-refractivity contribution in [3.8, 4) is 11.4 Å². The molecule has 0 saturated carbocycles. The van der Waals surface area contributed by atoms with Gasteiger partial charge in [-0.3, -0.25) is 9.36 Å². The van der Waals surface area contributed by atoms with Gasteiger partial charge >= 0.3 is 6.36 Å². The van der Waals surface area contributed by atoms with E-state index in [0.29, 0.717) is 11.3 Å². The van der Waals surface area contributed by atoms with Gasteiger partial charge in [-0.2, -0.15) is 0 Å². The normalized spacial score (nSPS) is 11.3. The van der Waals surface area contributed by atoms with Crippen LogP contribution in [0.3, 0.4) is 0 Å². The Balaban J connectivity index is 2.13. The van der Waals surface area contributed by atoms with Crippen LogP contribution in [0.1, 0.15) is 15.9 Å². The molecule has 0 spiro atoms. The Kier molecular flexibility index (Phi) is 4.18. The molecule has 0 unspecified atom stereocenters. The number of anilines is 1. The van der Waals surface area contributed by atoms with Gasteiger partial charge in [-0.25, -0.2) is 4.98 Å². The molecule has 0 saturated heterocycles. The molecule has 1 aromatic heterocycles. The van der Waals surface area contributed by atoms with E-state index in [2.05, 4.69) is 9.72 Å². The van der Waals surface area contributed by atoms with Gasteiger partial charge in [0.2, 0.25) is 5.95 Å².